The van der Waals surface area contributed by atoms with Crippen molar-refractivity contribution in [2.75, 3.05) is 54.5 Å². The van der Waals surface area contributed by atoms with Crippen molar-refractivity contribution in [2.24, 2.45) is 5.73 Å². The number of hydrogen-bond acceptors (Lipinski definition) is 27. The van der Waals surface area contributed by atoms with Crippen molar-refractivity contribution in [3.63, 3.8) is 0 Å². The number of methoxy groups -OCH3 is 5. The summed E-state index contributed by atoms with van der Waals surface area (Å²) >= 11 is 2.81. The highest BCUT2D eigenvalue weighted by molar-refractivity contribution is 14.1. The molecule has 1 aromatic rings. The van der Waals surface area contributed by atoms with Gasteiger partial charge in [-0.15, -0.1) is 0 Å². The second kappa shape index (κ2) is 32.3. The average molecular weight is 1420 g/mol. The van der Waals surface area contributed by atoms with Gasteiger partial charge in [0, 0.05) is 55.1 Å². The normalized spacial score (nSPS) is 34.7. The zero-order valence-electron chi connectivity index (χ0n) is 51.4. The van der Waals surface area contributed by atoms with Crippen molar-refractivity contribution in [3.8, 4) is 40.9 Å². The zero-order valence-corrected chi connectivity index (χ0v) is 56.0. The van der Waals surface area contributed by atoms with Crippen LogP contribution >= 0.6 is 55.9 Å². The van der Waals surface area contributed by atoms with Crippen LogP contribution < -0.4 is 36.1 Å². The Balaban J connectivity index is 1.13. The molecule has 4 fully saturated rings. The third-order valence-corrected chi connectivity index (χ3v) is 21.4. The molecule has 2 aliphatic carbocycles. The maximum absolute atomic E-state index is 14.5. The quantitative estimate of drug-likeness (QED) is 0.0236. The molecule has 0 unspecified atom stereocenters. The van der Waals surface area contributed by atoms with Gasteiger partial charge < -0.3 is 93.4 Å². The fourth-order valence-corrected chi connectivity index (χ4v) is 15.2. The number of allylic oxidation sites excluding steroid dienone is 3. The van der Waals surface area contributed by atoms with E-state index in [1.807, 2.05) is 43.4 Å². The van der Waals surface area contributed by atoms with Crippen LogP contribution in [0.5, 0.6) is 17.2 Å². The summed E-state index contributed by atoms with van der Waals surface area (Å²) in [6, 6.07) is -1.33. The lowest BCUT2D eigenvalue weighted by molar-refractivity contribution is -0.336. The molecule has 19 atom stereocenters. The molecule has 6 aliphatic rings. The first-order valence-corrected chi connectivity index (χ1v) is 33.0. The van der Waals surface area contributed by atoms with Crippen molar-refractivity contribution in [2.45, 2.75) is 194 Å². The first kappa shape index (κ1) is 72.6. The second-order valence-electron chi connectivity index (χ2n) is 22.3. The molecule has 7 rings (SSSR count). The number of ketones is 1. The van der Waals surface area contributed by atoms with Gasteiger partial charge in [-0.2, -0.15) is 5.48 Å². The Morgan fingerprint density at radius 3 is 2.25 bits per heavy atom. The summed E-state index contributed by atoms with van der Waals surface area (Å²) in [5.41, 5.74) is 6.49. The van der Waals surface area contributed by atoms with Crippen LogP contribution in [-0.2, 0) is 57.1 Å². The van der Waals surface area contributed by atoms with Gasteiger partial charge in [-0.25, -0.2) is 4.79 Å². The van der Waals surface area contributed by atoms with Crippen LogP contribution in [0.2, 0.25) is 0 Å². The van der Waals surface area contributed by atoms with E-state index in [2.05, 4.69) is 39.8 Å². The molecule has 0 saturated carbocycles. The molecule has 4 saturated heterocycles. The van der Waals surface area contributed by atoms with E-state index in [1.165, 1.54) is 55.1 Å². The molecule has 0 aromatic heterocycles. The molecular formula is C59H81IN4O22S3. The molecule has 1 aromatic carbocycles. The number of rotatable bonds is 24. The number of halogens is 1. The summed E-state index contributed by atoms with van der Waals surface area (Å²) in [5.74, 6) is 10.5. The molecule has 4 aliphatic heterocycles. The average Bonchev–Trinajstić information content (AvgIpc) is 0.821. The Morgan fingerprint density at radius 2 is 1.60 bits per heavy atom. The number of carbonyl (C=O) groups excluding carboxylic acids is 4. The number of fused-ring (bicyclic) bond motifs is 2. The fourth-order valence-electron chi connectivity index (χ4n) is 11.1. The molecule has 2 amide bonds. The molecule has 0 spiro atoms. The van der Waals surface area contributed by atoms with Crippen LogP contribution in [0.4, 0.5) is 4.79 Å². The number of carbonyl (C=O) groups is 4. The zero-order chi connectivity index (χ0) is 65.2. The van der Waals surface area contributed by atoms with E-state index >= 15 is 0 Å². The molecule has 89 heavy (non-hydrogen) atoms. The topological polar surface area (TPSA) is 352 Å². The summed E-state index contributed by atoms with van der Waals surface area (Å²) in [5, 5.41) is 62.9. The molecule has 0 radical (unpaired) electrons. The summed E-state index contributed by atoms with van der Waals surface area (Å²) in [4.78, 5) is 59.7. The molecule has 26 nitrogen and oxygen atoms in total. The van der Waals surface area contributed by atoms with Gasteiger partial charge in [0.05, 0.1) is 97.0 Å². The largest absolute Gasteiger partial charge is 0.492 e. The number of amides is 2. The van der Waals surface area contributed by atoms with E-state index < -0.39 is 143 Å². The van der Waals surface area contributed by atoms with E-state index in [9.17, 15) is 44.7 Å². The third-order valence-electron chi connectivity index (χ3n) is 15.5. The molecule has 4 heterocycles. The van der Waals surface area contributed by atoms with Crippen LogP contribution in [0.3, 0.4) is 0 Å². The maximum Gasteiger partial charge on any atom is 0.411 e. The number of hydrogen-bond donors (Lipinski definition) is 9. The van der Waals surface area contributed by atoms with Crippen LogP contribution in [0.1, 0.15) is 83.1 Å². The fraction of sp³-hybridized carbons (Fsp3) is 0.661. The highest BCUT2D eigenvalue weighted by Gasteiger charge is 2.52. The van der Waals surface area contributed by atoms with E-state index in [4.69, 9.17) is 67.4 Å². The second-order valence-corrected chi connectivity index (χ2v) is 27.6. The number of benzene rings is 1. The number of ether oxygens (including phenoxy) is 12. The minimum Gasteiger partial charge on any atom is -0.492 e. The van der Waals surface area contributed by atoms with Gasteiger partial charge in [-0.3, -0.25) is 24.5 Å². The lowest BCUT2D eigenvalue weighted by Gasteiger charge is -2.46. The standard InChI is InChI=1S/C59H81IN4O22S3/c1-13-62-32-26-79-38(23-36(32)74-8)84-51-46(69)43(28(3)81-56(51)83-35-18-16-14-15-17-20-59(73)24-34(66)44(63-57(72)78-12)41(35)31(59)19-21-87-89-58(6,7)25-37(61)67)64-86-39-22-33(65)53(30(5)80-39)88-54(71)40-27(2)42(60)49(52(77-11)48(40)75-9)85-55-47(70)50(76-10)45(68)29(4)82-55/h14-15,19,28-30,32-33,35-36,38-39,43,45-47,50-51,53,55-56,62,64-65,68-70,73H,13,21-26H2,1-12H3,(H2,61,67)(H,63,72)/b15-14-,31-19+/t28-,29+,30-,32+,33+,35+,36+,38+,39+,43-,45+,46+,47-,50-,51-,53-,55+,56+,59+/m1/s1. The Hall–Kier alpha value is -3.82. The molecule has 10 N–H and O–H groups in total. The number of primary amides is 1. The summed E-state index contributed by atoms with van der Waals surface area (Å²) < 4.78 is 72.1. The van der Waals surface area contributed by atoms with Crippen molar-refractivity contribution >= 4 is 78.8 Å². The minimum absolute atomic E-state index is 0.0161. The van der Waals surface area contributed by atoms with Gasteiger partial charge in [0.1, 0.15) is 36.6 Å². The van der Waals surface area contributed by atoms with E-state index in [0.717, 1.165) is 18.9 Å². The van der Waals surface area contributed by atoms with Gasteiger partial charge in [-0.05, 0) is 88.4 Å². The predicted octanol–water partition coefficient (Wildman–Crippen LogP) is 2.57. The lowest BCUT2D eigenvalue weighted by atomic mass is 9.75. The van der Waals surface area contributed by atoms with Crippen LogP contribution in [0.25, 0.3) is 0 Å². The Labute approximate surface area is 543 Å². The monoisotopic (exact) mass is 1420 g/mol. The van der Waals surface area contributed by atoms with E-state index in [-0.39, 0.29) is 77.3 Å². The van der Waals surface area contributed by atoms with E-state index in [1.54, 1.807) is 40.9 Å². The predicted molar refractivity (Wildman–Crippen MR) is 334 cm³/mol. The van der Waals surface area contributed by atoms with Crippen molar-refractivity contribution in [3.05, 3.63) is 49.8 Å². The summed E-state index contributed by atoms with van der Waals surface area (Å²) in [6.07, 6.45) is -14.4. The van der Waals surface area contributed by atoms with Gasteiger partial charge in [0.25, 0.3) is 0 Å². The number of alkyl carbamates (subject to hydrolysis) is 1. The SMILES string of the molecule is CCN[C@H]1CO[C@@H](O[C@H]2[C@H](O[C@H]3C#C/C=C\C#C[C@]4(O)CC(=O)C(NC(=O)OC)=C3/C4=C\CSSC(C)(C)CC(N)=O)O[C@H](C)[C@@H](NO[C@H]3C[C@H](O)[C@H](SC(=O)c4c(C)c(I)c(O[C@@H]5O[C@@H](C)[C@H](O)[C@@H](OC)[C@H]5O)c(OC)c4OC)[C@@H](C)O3)[C@@H]2O)C[C@@H]1OC. The van der Waals surface area contributed by atoms with E-state index in [0.29, 0.717) is 15.7 Å². The van der Waals surface area contributed by atoms with Gasteiger partial charge in [0.15, 0.2) is 41.8 Å². The number of aliphatic hydroxyl groups is 5. The Bertz CT molecular complexity index is 2920. The summed E-state index contributed by atoms with van der Waals surface area (Å²) in [6.45, 7) is 13.0. The first-order valence-electron chi connectivity index (χ1n) is 28.7. The van der Waals surface area contributed by atoms with Crippen molar-refractivity contribution in [1.29, 1.82) is 0 Å². The number of aliphatic hydroxyl groups excluding tert-OH is 4. The number of thioether (sulfide) groups is 1. The van der Waals surface area contributed by atoms with Crippen LogP contribution in [0.15, 0.2) is 35.1 Å². The van der Waals surface area contributed by atoms with Gasteiger partial charge >= 0.3 is 6.09 Å². The Morgan fingerprint density at radius 1 is 0.888 bits per heavy atom. The maximum atomic E-state index is 14.5. The van der Waals surface area contributed by atoms with Crippen molar-refractivity contribution < 1.29 is 106 Å². The first-order chi connectivity index (χ1) is 42.2. The molecule has 2 bridgehead atoms. The van der Waals surface area contributed by atoms with Crippen molar-refractivity contribution in [1.82, 2.24) is 16.1 Å². The number of nitrogens with one attached hydrogen (secondary N) is 3. The highest BCUT2D eigenvalue weighted by Crippen LogP contribution is 2.49. The van der Waals surface area contributed by atoms with Crippen LogP contribution in [-0.4, -0.2) is 223 Å². The molecule has 494 valence electrons. The molecular weight excluding hydrogens is 1340 g/mol. The van der Waals surface area contributed by atoms with Crippen LogP contribution in [0, 0.1) is 34.2 Å². The number of nitrogens with two attached hydrogens (primary N) is 1. The molecule has 30 heteroatoms. The number of Topliss-reactive ketones (excluding diaryl/α,β-unsaturated/α-hetero) is 1. The highest BCUT2D eigenvalue weighted by atomic mass is 127. The van der Waals surface area contributed by atoms with Gasteiger partial charge in [-0.1, -0.05) is 70.0 Å². The summed E-state index contributed by atoms with van der Waals surface area (Å²) in [7, 11) is 9.45. The Kier molecular flexibility index (Phi) is 26.4. The smallest absolute Gasteiger partial charge is 0.411 e. The minimum atomic E-state index is -2.15. The number of likely N-dealkylation sites (N-methyl/N-ethyl adjacent to an activating group) is 1. The van der Waals surface area contributed by atoms with Gasteiger partial charge in [0.2, 0.25) is 23.1 Å². The third kappa shape index (κ3) is 17.3. The number of hydroxylamine groups is 1. The lowest BCUT2D eigenvalue weighted by Crippen LogP contribution is -2.65.